The predicted octanol–water partition coefficient (Wildman–Crippen LogP) is 8.07. The van der Waals surface area contributed by atoms with Crippen LogP contribution >= 0.6 is 0 Å². The first kappa shape index (κ1) is 45.7. The van der Waals surface area contributed by atoms with Gasteiger partial charge in [-0.15, -0.1) is 10.2 Å². The van der Waals surface area contributed by atoms with Crippen molar-refractivity contribution in [2.24, 2.45) is 23.7 Å². The number of hydrogen-bond acceptors (Lipinski definition) is 14. The fourth-order valence-corrected chi connectivity index (χ4v) is 11.4. The standard InChI is InChI=1S/2C24H26F3N7O/c2*1-13-9-16(10-28-31-13)33-11-14-4-5-15(12-33)22(14)29-24-30-23-19(3-2-8-34(23)32-24)35-18-7-6-17(25)20(26)21(18)27/h2*6-7,9-10,14-15,19,22H,2-5,8,11-12H2,1H3,(H,29,32)/t2*14-,15+,19-,22?/m10/s1. The summed E-state index contributed by atoms with van der Waals surface area (Å²) in [5.74, 6) is -4.91. The van der Waals surface area contributed by atoms with E-state index in [1.165, 1.54) is 0 Å². The van der Waals surface area contributed by atoms with Crippen LogP contribution in [0.4, 0.5) is 49.6 Å². The number of fused-ring (bicyclic) bond motifs is 6. The zero-order valence-corrected chi connectivity index (χ0v) is 38.6. The Morgan fingerprint density at radius 3 is 1.31 bits per heavy atom. The maximum absolute atomic E-state index is 14.2. The number of ether oxygens (including phenoxy) is 2. The molecule has 12 rings (SSSR count). The van der Waals surface area contributed by atoms with Gasteiger partial charge in [0, 0.05) is 51.4 Å². The third kappa shape index (κ3) is 8.99. The van der Waals surface area contributed by atoms with E-state index in [0.717, 1.165) is 112 Å². The Hall–Kier alpha value is -6.74. The number of rotatable bonds is 10. The number of hydrogen-bond donors (Lipinski definition) is 2. The molecule has 2 aromatic carbocycles. The first-order chi connectivity index (χ1) is 33.9. The maximum Gasteiger partial charge on any atom is 0.242 e. The van der Waals surface area contributed by atoms with Crippen molar-refractivity contribution in [2.45, 2.75) is 103 Å². The van der Waals surface area contributed by atoms with Gasteiger partial charge in [0.25, 0.3) is 0 Å². The number of piperidine rings is 2. The molecule has 2 unspecified atom stereocenters. The second kappa shape index (κ2) is 18.9. The summed E-state index contributed by atoms with van der Waals surface area (Å²) in [6, 6.07) is 8.59. The topological polar surface area (TPSA) is 162 Å². The molecule has 4 fully saturated rings. The van der Waals surface area contributed by atoms with Gasteiger partial charge in [-0.1, -0.05) is 0 Å². The van der Waals surface area contributed by atoms with E-state index in [1.807, 2.05) is 26.2 Å². The van der Waals surface area contributed by atoms with Crippen LogP contribution in [0.15, 0.2) is 48.8 Å². The maximum atomic E-state index is 14.2. The molecule has 0 amide bonds. The molecule has 2 aliphatic carbocycles. The van der Waals surface area contributed by atoms with Gasteiger partial charge < -0.3 is 29.9 Å². The number of benzene rings is 2. The highest BCUT2D eigenvalue weighted by Crippen LogP contribution is 2.42. The van der Waals surface area contributed by atoms with Crippen LogP contribution in [0.1, 0.15) is 86.6 Å². The minimum absolute atomic E-state index is 0.259. The lowest BCUT2D eigenvalue weighted by Crippen LogP contribution is -2.48. The van der Waals surface area contributed by atoms with Gasteiger partial charge in [-0.05, 0) is 125 Å². The van der Waals surface area contributed by atoms with Crippen LogP contribution < -0.4 is 29.9 Å². The lowest BCUT2D eigenvalue weighted by Gasteiger charge is -2.39. The molecular formula is C48H52F6N14O2. The quantitative estimate of drug-likeness (QED) is 0.100. The van der Waals surface area contributed by atoms with Gasteiger partial charge >= 0.3 is 0 Å². The number of nitrogens with one attached hydrogen (secondary N) is 2. The molecular weight excluding hydrogens is 919 g/mol. The second-order valence-electron chi connectivity index (χ2n) is 19.3. The van der Waals surface area contributed by atoms with Crippen LogP contribution in [0.25, 0.3) is 0 Å². The number of halogens is 6. The molecule has 4 aliphatic heterocycles. The van der Waals surface area contributed by atoms with Crippen LogP contribution in [-0.4, -0.2) is 88.2 Å². The Kier molecular flexibility index (Phi) is 12.3. The largest absolute Gasteiger partial charge is 0.479 e. The Morgan fingerprint density at radius 2 is 0.929 bits per heavy atom. The smallest absolute Gasteiger partial charge is 0.242 e. The minimum atomic E-state index is -1.54. The third-order valence-electron chi connectivity index (χ3n) is 14.7. The lowest BCUT2D eigenvalue weighted by molar-refractivity contribution is 0.147. The second-order valence-corrected chi connectivity index (χ2v) is 19.3. The first-order valence-corrected chi connectivity index (χ1v) is 24.0. The monoisotopic (exact) mass is 970 g/mol. The fraction of sp³-hybridized carbons (Fsp3) is 0.500. The Morgan fingerprint density at radius 1 is 0.529 bits per heavy atom. The normalized spacial score (nSPS) is 25.4. The summed E-state index contributed by atoms with van der Waals surface area (Å²) in [5, 5.41) is 32.7. The van der Waals surface area contributed by atoms with Gasteiger partial charge in [0.15, 0.2) is 58.6 Å². The zero-order valence-electron chi connectivity index (χ0n) is 38.6. The number of anilines is 4. The molecule has 2 saturated heterocycles. The van der Waals surface area contributed by atoms with Crippen molar-refractivity contribution in [3.8, 4) is 11.5 Å². The Bertz CT molecular complexity index is 2670. The average Bonchev–Trinajstić information content (AvgIpc) is 4.08. The molecule has 0 spiro atoms. The van der Waals surface area contributed by atoms with Crippen LogP contribution in [0.3, 0.4) is 0 Å². The fourth-order valence-electron chi connectivity index (χ4n) is 11.4. The van der Waals surface area contributed by atoms with Crippen molar-refractivity contribution >= 4 is 23.3 Å². The molecule has 2 saturated carbocycles. The molecule has 16 nitrogen and oxygen atoms in total. The summed E-state index contributed by atoms with van der Waals surface area (Å²) < 4.78 is 97.2. The molecule has 4 aromatic heterocycles. The molecule has 6 aliphatic rings. The first-order valence-electron chi connectivity index (χ1n) is 24.0. The van der Waals surface area contributed by atoms with Crippen LogP contribution in [0, 0.1) is 72.4 Å². The van der Waals surface area contributed by atoms with Crippen LogP contribution in [-0.2, 0) is 13.1 Å². The van der Waals surface area contributed by atoms with Gasteiger partial charge in [0.1, 0.15) is 0 Å². The summed E-state index contributed by atoms with van der Waals surface area (Å²) in [6.45, 7) is 8.94. The van der Waals surface area contributed by atoms with E-state index < -0.39 is 47.1 Å². The van der Waals surface area contributed by atoms with Crippen molar-refractivity contribution in [1.29, 1.82) is 0 Å². The minimum Gasteiger partial charge on any atom is -0.479 e. The van der Waals surface area contributed by atoms with E-state index in [-0.39, 0.29) is 23.6 Å². The van der Waals surface area contributed by atoms with Gasteiger partial charge in [0.05, 0.1) is 35.2 Å². The van der Waals surface area contributed by atoms with E-state index >= 15 is 0 Å². The van der Waals surface area contributed by atoms with Crippen LogP contribution in [0.2, 0.25) is 0 Å². The van der Waals surface area contributed by atoms with Crippen LogP contribution in [0.5, 0.6) is 11.5 Å². The molecule has 368 valence electrons. The zero-order chi connectivity index (χ0) is 48.2. The molecule has 8 heterocycles. The Labute approximate surface area is 399 Å². The van der Waals surface area contributed by atoms with E-state index in [1.54, 1.807) is 9.36 Å². The predicted molar refractivity (Wildman–Crippen MR) is 243 cm³/mol. The highest BCUT2D eigenvalue weighted by atomic mass is 19.2. The molecule has 4 bridgehead atoms. The number of nitrogens with zero attached hydrogens (tertiary/aromatic N) is 12. The highest BCUT2D eigenvalue weighted by molar-refractivity contribution is 5.48. The molecule has 2 N–H and O–H groups in total. The molecule has 6 aromatic rings. The summed E-state index contributed by atoms with van der Waals surface area (Å²) in [4.78, 5) is 14.1. The van der Waals surface area contributed by atoms with Gasteiger partial charge in [-0.2, -0.15) is 39.1 Å². The van der Waals surface area contributed by atoms with Gasteiger partial charge in [0.2, 0.25) is 23.5 Å². The third-order valence-corrected chi connectivity index (χ3v) is 14.7. The SMILES string of the molecule is Cc1cc(N2C[C@H]3CC[C@@H](C2)C3Nc2nc3n(n2)CCC[C@@H]3Oc2ccc(F)c(F)c2F)cnn1.Cc1cc(N2C[C@H]3CC[C@@H](C2)C3Nc2nc3n(n2)CCC[C@H]3Oc2ccc(F)c(F)c2F)cnn1. The van der Waals surface area contributed by atoms with E-state index in [9.17, 15) is 26.3 Å². The van der Waals surface area contributed by atoms with E-state index in [2.05, 4.69) is 73.1 Å². The average molecular weight is 971 g/mol. The molecule has 22 heteroatoms. The number of aromatic nitrogens is 10. The summed E-state index contributed by atoms with van der Waals surface area (Å²) in [6.07, 6.45) is 9.66. The van der Waals surface area contributed by atoms with Crippen molar-refractivity contribution in [3.05, 3.63) is 107 Å². The number of aryl methyl sites for hydroxylation is 4. The lowest BCUT2D eigenvalue weighted by atomic mass is 9.92. The van der Waals surface area contributed by atoms with Crippen molar-refractivity contribution < 1.29 is 35.8 Å². The highest BCUT2D eigenvalue weighted by Gasteiger charge is 2.45. The van der Waals surface area contributed by atoms with Crippen molar-refractivity contribution in [3.63, 3.8) is 0 Å². The molecule has 8 atom stereocenters. The van der Waals surface area contributed by atoms with E-state index in [4.69, 9.17) is 9.47 Å². The Balaban J connectivity index is 0.000000152. The van der Waals surface area contributed by atoms with Crippen molar-refractivity contribution in [1.82, 2.24) is 49.9 Å². The van der Waals surface area contributed by atoms with Crippen molar-refractivity contribution in [2.75, 3.05) is 46.6 Å². The van der Waals surface area contributed by atoms with E-state index in [0.29, 0.717) is 73.1 Å². The molecule has 0 radical (unpaired) electrons. The molecule has 70 heavy (non-hydrogen) atoms. The van der Waals surface area contributed by atoms with Gasteiger partial charge in [-0.25, -0.2) is 26.9 Å². The summed E-state index contributed by atoms with van der Waals surface area (Å²) >= 11 is 0. The van der Waals surface area contributed by atoms with Gasteiger partial charge in [-0.3, -0.25) is 0 Å². The summed E-state index contributed by atoms with van der Waals surface area (Å²) in [5.41, 5.74) is 4.02. The summed E-state index contributed by atoms with van der Waals surface area (Å²) in [7, 11) is 0.